The summed E-state index contributed by atoms with van der Waals surface area (Å²) in [7, 11) is 0. The molecule has 20 heavy (non-hydrogen) atoms. The molecule has 0 unspecified atom stereocenters. The lowest BCUT2D eigenvalue weighted by Crippen LogP contribution is -2.31. The van der Waals surface area contributed by atoms with Crippen molar-refractivity contribution in [2.24, 2.45) is 0 Å². The van der Waals surface area contributed by atoms with Crippen molar-refractivity contribution in [2.45, 2.75) is 44.0 Å². The summed E-state index contributed by atoms with van der Waals surface area (Å²) in [6, 6.07) is 2.34. The van der Waals surface area contributed by atoms with E-state index < -0.39 is 30.6 Å². The second-order valence-electron chi connectivity index (χ2n) is 5.21. The van der Waals surface area contributed by atoms with Gasteiger partial charge in [-0.05, 0) is 37.0 Å². The molecule has 2 aliphatic rings. The first-order valence-electron chi connectivity index (χ1n) is 6.60. The molecule has 0 spiro atoms. The Bertz CT molecular complexity index is 515. The minimum atomic E-state index is -3.04. The Morgan fingerprint density at radius 3 is 2.80 bits per heavy atom. The Hall–Kier alpha value is -0.590. The zero-order valence-corrected chi connectivity index (χ0v) is 12.3. The fourth-order valence-electron chi connectivity index (χ4n) is 2.77. The first kappa shape index (κ1) is 14.4. The predicted octanol–water partition coefficient (Wildman–Crippen LogP) is 4.36. The van der Waals surface area contributed by atoms with Crippen molar-refractivity contribution in [1.82, 2.24) is 0 Å². The maximum absolute atomic E-state index is 14.1. The summed E-state index contributed by atoms with van der Waals surface area (Å²) in [5.41, 5.74) is 0.633. The predicted molar refractivity (Wildman–Crippen MR) is 70.2 cm³/mol. The molecule has 1 aliphatic heterocycles. The fourth-order valence-corrected chi connectivity index (χ4v) is 3.45. The number of halogens is 4. The Kier molecular flexibility index (Phi) is 3.81. The molecule has 0 saturated carbocycles. The largest absolute Gasteiger partial charge is 0.353 e. The highest BCUT2D eigenvalue weighted by Gasteiger charge is 2.50. The van der Waals surface area contributed by atoms with Crippen LogP contribution in [0.15, 0.2) is 16.6 Å². The molecule has 2 atom stereocenters. The van der Waals surface area contributed by atoms with Crippen LogP contribution < -0.4 is 0 Å². The number of hydrogen-bond donors (Lipinski definition) is 0. The molecule has 1 aliphatic carbocycles. The molecular weight excluding hydrogens is 337 g/mol. The average molecular weight is 351 g/mol. The molecule has 1 aromatic rings. The van der Waals surface area contributed by atoms with Crippen LogP contribution in [0.1, 0.15) is 36.5 Å². The number of alkyl halides is 2. The van der Waals surface area contributed by atoms with Crippen LogP contribution >= 0.6 is 15.9 Å². The van der Waals surface area contributed by atoms with Gasteiger partial charge in [-0.3, -0.25) is 0 Å². The molecule has 6 heteroatoms. The van der Waals surface area contributed by atoms with E-state index in [0.29, 0.717) is 28.6 Å². The van der Waals surface area contributed by atoms with E-state index in [1.54, 1.807) is 0 Å². The summed E-state index contributed by atoms with van der Waals surface area (Å²) >= 11 is 3.16. The van der Waals surface area contributed by atoms with E-state index in [1.165, 1.54) is 6.07 Å². The van der Waals surface area contributed by atoms with Gasteiger partial charge in [0.1, 0.15) is 5.82 Å². The molecule has 2 nitrogen and oxygen atoms in total. The molecule has 3 rings (SSSR count). The van der Waals surface area contributed by atoms with Crippen molar-refractivity contribution in [3.05, 3.63) is 33.5 Å². The van der Waals surface area contributed by atoms with Gasteiger partial charge in [0.2, 0.25) is 0 Å². The van der Waals surface area contributed by atoms with Crippen molar-refractivity contribution in [2.75, 3.05) is 6.61 Å². The molecule has 0 N–H and O–H groups in total. The zero-order valence-electron chi connectivity index (χ0n) is 10.7. The van der Waals surface area contributed by atoms with Gasteiger partial charge in [-0.25, -0.2) is 13.2 Å². The molecule has 0 radical (unpaired) electrons. The summed E-state index contributed by atoms with van der Waals surface area (Å²) in [5.74, 6) is -3.57. The Labute approximate surface area is 123 Å². The third-order valence-corrected chi connectivity index (χ3v) is 4.33. The SMILES string of the molecule is Fc1cc(Br)c2c(c1)CC(F)(F)[C@H]2O[C@@H]1CCCCO1. The Morgan fingerprint density at radius 1 is 1.30 bits per heavy atom. The van der Waals surface area contributed by atoms with E-state index in [9.17, 15) is 13.2 Å². The zero-order chi connectivity index (χ0) is 14.3. The Morgan fingerprint density at radius 2 is 2.10 bits per heavy atom. The van der Waals surface area contributed by atoms with Crippen LogP contribution in [0.3, 0.4) is 0 Å². The lowest BCUT2D eigenvalue weighted by Gasteiger charge is -2.29. The molecule has 1 saturated heterocycles. The third-order valence-electron chi connectivity index (χ3n) is 3.68. The van der Waals surface area contributed by atoms with E-state index in [1.807, 2.05) is 0 Å². The van der Waals surface area contributed by atoms with Gasteiger partial charge in [0, 0.05) is 23.1 Å². The topological polar surface area (TPSA) is 18.5 Å². The van der Waals surface area contributed by atoms with E-state index in [0.717, 1.165) is 18.9 Å². The maximum atomic E-state index is 14.1. The van der Waals surface area contributed by atoms with Crippen molar-refractivity contribution in [3.63, 3.8) is 0 Å². The van der Waals surface area contributed by atoms with Gasteiger partial charge < -0.3 is 9.47 Å². The van der Waals surface area contributed by atoms with Crippen LogP contribution in [0.4, 0.5) is 13.2 Å². The second-order valence-corrected chi connectivity index (χ2v) is 6.06. The molecular formula is C14H14BrF3O2. The molecule has 1 fully saturated rings. The number of benzene rings is 1. The van der Waals surface area contributed by atoms with Gasteiger partial charge >= 0.3 is 0 Å². The molecule has 0 bridgehead atoms. The molecule has 110 valence electrons. The Balaban J connectivity index is 1.90. The average Bonchev–Trinajstić information content (AvgIpc) is 2.61. The van der Waals surface area contributed by atoms with Gasteiger partial charge in [0.15, 0.2) is 12.4 Å². The first-order valence-corrected chi connectivity index (χ1v) is 7.39. The van der Waals surface area contributed by atoms with Crippen LogP contribution in [0.2, 0.25) is 0 Å². The number of fused-ring (bicyclic) bond motifs is 1. The third kappa shape index (κ3) is 2.61. The van der Waals surface area contributed by atoms with Crippen LogP contribution in [0, 0.1) is 5.82 Å². The van der Waals surface area contributed by atoms with E-state index >= 15 is 0 Å². The highest BCUT2D eigenvalue weighted by atomic mass is 79.9. The summed E-state index contributed by atoms with van der Waals surface area (Å²) in [4.78, 5) is 0. The summed E-state index contributed by atoms with van der Waals surface area (Å²) in [5, 5.41) is 0. The van der Waals surface area contributed by atoms with E-state index in [-0.39, 0.29) is 0 Å². The highest BCUT2D eigenvalue weighted by molar-refractivity contribution is 9.10. The fraction of sp³-hybridized carbons (Fsp3) is 0.571. The van der Waals surface area contributed by atoms with Crippen LogP contribution in [0.25, 0.3) is 0 Å². The van der Waals surface area contributed by atoms with Gasteiger partial charge in [-0.15, -0.1) is 0 Å². The molecule has 0 aromatic heterocycles. The maximum Gasteiger partial charge on any atom is 0.282 e. The molecule has 1 heterocycles. The highest BCUT2D eigenvalue weighted by Crippen LogP contribution is 2.49. The van der Waals surface area contributed by atoms with Gasteiger partial charge in [0.05, 0.1) is 0 Å². The van der Waals surface area contributed by atoms with Crippen molar-refractivity contribution < 1.29 is 22.6 Å². The van der Waals surface area contributed by atoms with E-state index in [4.69, 9.17) is 9.47 Å². The van der Waals surface area contributed by atoms with Gasteiger partial charge in [0.25, 0.3) is 5.92 Å². The van der Waals surface area contributed by atoms with Crippen LogP contribution in [0.5, 0.6) is 0 Å². The molecule has 0 amide bonds. The van der Waals surface area contributed by atoms with Crippen molar-refractivity contribution in [1.29, 1.82) is 0 Å². The number of rotatable bonds is 2. The standard InChI is InChI=1S/C14H14BrF3O2/c15-10-6-9(16)5-8-7-14(17,18)13(12(8)10)20-11-3-1-2-4-19-11/h5-6,11,13H,1-4,7H2/t11-,13+/m1/s1. The number of hydrogen-bond acceptors (Lipinski definition) is 2. The van der Waals surface area contributed by atoms with Crippen LogP contribution in [-0.2, 0) is 15.9 Å². The summed E-state index contributed by atoms with van der Waals surface area (Å²) < 4.78 is 52.8. The normalized spacial score (nSPS) is 28.4. The summed E-state index contributed by atoms with van der Waals surface area (Å²) in [6.45, 7) is 0.528. The summed E-state index contributed by atoms with van der Waals surface area (Å²) in [6.07, 6.45) is -0.0537. The number of ether oxygens (including phenoxy) is 2. The van der Waals surface area contributed by atoms with Gasteiger partial charge in [-0.2, -0.15) is 0 Å². The van der Waals surface area contributed by atoms with Crippen LogP contribution in [-0.4, -0.2) is 18.8 Å². The smallest absolute Gasteiger partial charge is 0.282 e. The van der Waals surface area contributed by atoms with Gasteiger partial charge in [-0.1, -0.05) is 15.9 Å². The van der Waals surface area contributed by atoms with E-state index in [2.05, 4.69) is 15.9 Å². The quantitative estimate of drug-likeness (QED) is 0.788. The lowest BCUT2D eigenvalue weighted by molar-refractivity contribution is -0.236. The minimum Gasteiger partial charge on any atom is -0.353 e. The minimum absolute atomic E-state index is 0.294. The first-order chi connectivity index (χ1) is 9.47. The lowest BCUT2D eigenvalue weighted by atomic mass is 10.1. The monoisotopic (exact) mass is 350 g/mol. The van der Waals surface area contributed by atoms with Crippen molar-refractivity contribution >= 4 is 15.9 Å². The second kappa shape index (κ2) is 5.31. The van der Waals surface area contributed by atoms with Crippen molar-refractivity contribution in [3.8, 4) is 0 Å². The molecule has 1 aromatic carbocycles.